The fourth-order valence-corrected chi connectivity index (χ4v) is 4.50. The molecule has 0 amide bonds. The second kappa shape index (κ2) is 6.78. The van der Waals surface area contributed by atoms with Gasteiger partial charge in [0.25, 0.3) is 0 Å². The quantitative estimate of drug-likeness (QED) is 0.922. The van der Waals surface area contributed by atoms with Crippen LogP contribution in [0, 0.1) is 23.2 Å². The normalized spacial score (nSPS) is 22.7. The molecule has 1 aromatic carbocycles. The maximum Gasteiger partial charge on any atom is 0.242 e. The molecule has 1 fully saturated rings. The van der Waals surface area contributed by atoms with E-state index in [1.807, 2.05) is 6.07 Å². The Morgan fingerprint density at radius 1 is 1.43 bits per heavy atom. The van der Waals surface area contributed by atoms with Crippen LogP contribution in [0.3, 0.4) is 0 Å². The minimum atomic E-state index is -3.62. The second-order valence-electron chi connectivity index (χ2n) is 5.75. The zero-order valence-corrected chi connectivity index (χ0v) is 13.5. The molecule has 1 aliphatic rings. The molecular weight excluding hydrogens is 308 g/mol. The van der Waals surface area contributed by atoms with Gasteiger partial charge in [0.1, 0.15) is 4.90 Å². The number of hydrogen-bond acceptors (Lipinski definition) is 3. The van der Waals surface area contributed by atoms with E-state index in [2.05, 4.69) is 11.6 Å². The number of nitrogens with one attached hydrogen (secondary N) is 1. The maximum absolute atomic E-state index is 12.3. The molecule has 0 bridgehead atoms. The number of benzene rings is 1. The van der Waals surface area contributed by atoms with E-state index in [0.717, 1.165) is 19.3 Å². The molecule has 1 aliphatic carbocycles. The highest BCUT2D eigenvalue weighted by atomic mass is 35.5. The van der Waals surface area contributed by atoms with E-state index in [9.17, 15) is 8.42 Å². The lowest BCUT2D eigenvalue weighted by atomic mass is 9.83. The molecular formula is C15H19ClN2O2S. The summed E-state index contributed by atoms with van der Waals surface area (Å²) in [4.78, 5) is 0.0343. The first-order valence-corrected chi connectivity index (χ1v) is 8.98. The van der Waals surface area contributed by atoms with Crippen molar-refractivity contribution >= 4 is 21.6 Å². The molecule has 2 atom stereocenters. The Morgan fingerprint density at radius 3 is 2.81 bits per heavy atom. The molecule has 2 rings (SSSR count). The SMILES string of the molecule is CC1CCCC(CNS(=O)(=O)c2ccc(C#N)cc2Cl)C1. The number of sulfonamides is 1. The van der Waals surface area contributed by atoms with Crippen LogP contribution < -0.4 is 4.72 Å². The van der Waals surface area contributed by atoms with Crippen LogP contribution in [0.25, 0.3) is 0 Å². The lowest BCUT2D eigenvalue weighted by Crippen LogP contribution is -2.31. The highest BCUT2D eigenvalue weighted by molar-refractivity contribution is 7.89. The number of halogens is 1. The average Bonchev–Trinajstić information content (AvgIpc) is 2.45. The van der Waals surface area contributed by atoms with Gasteiger partial charge in [-0.2, -0.15) is 5.26 Å². The molecule has 0 aliphatic heterocycles. The van der Waals surface area contributed by atoms with Crippen molar-refractivity contribution in [3.05, 3.63) is 28.8 Å². The summed E-state index contributed by atoms with van der Waals surface area (Å²) in [7, 11) is -3.62. The van der Waals surface area contributed by atoms with Crippen LogP contribution in [-0.4, -0.2) is 15.0 Å². The van der Waals surface area contributed by atoms with Crippen molar-refractivity contribution < 1.29 is 8.42 Å². The summed E-state index contributed by atoms with van der Waals surface area (Å²) in [5.74, 6) is 1.05. The first-order valence-electron chi connectivity index (χ1n) is 7.11. The molecule has 21 heavy (non-hydrogen) atoms. The van der Waals surface area contributed by atoms with Gasteiger partial charge in [0, 0.05) is 6.54 Å². The number of rotatable bonds is 4. The van der Waals surface area contributed by atoms with Crippen LogP contribution in [0.2, 0.25) is 5.02 Å². The summed E-state index contributed by atoms with van der Waals surface area (Å²) in [6.45, 7) is 2.65. The minimum absolute atomic E-state index is 0.0343. The van der Waals surface area contributed by atoms with E-state index in [1.165, 1.54) is 24.6 Å². The van der Waals surface area contributed by atoms with E-state index in [0.29, 0.717) is 23.9 Å². The fourth-order valence-electron chi connectivity index (χ4n) is 2.84. The molecule has 0 saturated heterocycles. The Morgan fingerprint density at radius 2 is 2.19 bits per heavy atom. The van der Waals surface area contributed by atoms with Gasteiger partial charge < -0.3 is 0 Å². The number of nitrogens with zero attached hydrogens (tertiary/aromatic N) is 1. The molecule has 1 N–H and O–H groups in total. The third-order valence-corrected chi connectivity index (χ3v) is 5.86. The van der Waals surface area contributed by atoms with Crippen LogP contribution in [-0.2, 0) is 10.0 Å². The van der Waals surface area contributed by atoms with Crippen molar-refractivity contribution in [1.82, 2.24) is 4.72 Å². The average molecular weight is 327 g/mol. The Balaban J connectivity index is 2.06. The van der Waals surface area contributed by atoms with Crippen molar-refractivity contribution in [1.29, 1.82) is 5.26 Å². The Bertz CT molecular complexity index is 652. The lowest BCUT2D eigenvalue weighted by Gasteiger charge is -2.26. The molecule has 1 aromatic rings. The van der Waals surface area contributed by atoms with Crippen LogP contribution in [0.1, 0.15) is 38.2 Å². The molecule has 6 heteroatoms. The van der Waals surface area contributed by atoms with Crippen LogP contribution in [0.5, 0.6) is 0 Å². The predicted molar refractivity (Wildman–Crippen MR) is 82.5 cm³/mol. The second-order valence-corrected chi connectivity index (χ2v) is 7.89. The minimum Gasteiger partial charge on any atom is -0.211 e. The van der Waals surface area contributed by atoms with E-state index >= 15 is 0 Å². The van der Waals surface area contributed by atoms with E-state index in [4.69, 9.17) is 16.9 Å². The van der Waals surface area contributed by atoms with Gasteiger partial charge in [0.2, 0.25) is 10.0 Å². The van der Waals surface area contributed by atoms with Gasteiger partial charge in [-0.1, -0.05) is 31.4 Å². The topological polar surface area (TPSA) is 70.0 Å². The molecule has 0 spiro atoms. The summed E-state index contributed by atoms with van der Waals surface area (Å²) in [6.07, 6.45) is 4.51. The summed E-state index contributed by atoms with van der Waals surface area (Å²) in [6, 6.07) is 6.15. The maximum atomic E-state index is 12.3. The molecule has 2 unspecified atom stereocenters. The monoisotopic (exact) mass is 326 g/mol. The van der Waals surface area contributed by atoms with Gasteiger partial charge in [-0.25, -0.2) is 13.1 Å². The summed E-state index contributed by atoms with van der Waals surface area (Å²) < 4.78 is 27.2. The van der Waals surface area contributed by atoms with E-state index < -0.39 is 10.0 Å². The summed E-state index contributed by atoms with van der Waals surface area (Å²) in [5, 5.41) is 8.86. The van der Waals surface area contributed by atoms with E-state index in [1.54, 1.807) is 0 Å². The molecule has 0 aromatic heterocycles. The molecule has 4 nitrogen and oxygen atoms in total. The standard InChI is InChI=1S/C15H19ClN2O2S/c1-11-3-2-4-13(7-11)10-18-21(19,20)15-6-5-12(9-17)8-14(15)16/h5-6,8,11,13,18H,2-4,7,10H2,1H3. The van der Waals surface area contributed by atoms with Gasteiger partial charge >= 0.3 is 0 Å². The zero-order chi connectivity index (χ0) is 15.5. The van der Waals surface area contributed by atoms with E-state index in [-0.39, 0.29) is 9.92 Å². The Kier molecular flexibility index (Phi) is 5.26. The van der Waals surface area contributed by atoms with Crippen LogP contribution in [0.4, 0.5) is 0 Å². The van der Waals surface area contributed by atoms with Crippen molar-refractivity contribution in [3.8, 4) is 6.07 Å². The summed E-state index contributed by atoms with van der Waals surface area (Å²) in [5.41, 5.74) is 0.347. The van der Waals surface area contributed by atoms with Crippen LogP contribution >= 0.6 is 11.6 Å². The third kappa shape index (κ3) is 4.19. The molecule has 1 saturated carbocycles. The van der Waals surface area contributed by atoms with Gasteiger partial charge in [-0.3, -0.25) is 0 Å². The number of nitriles is 1. The lowest BCUT2D eigenvalue weighted by molar-refractivity contribution is 0.283. The zero-order valence-electron chi connectivity index (χ0n) is 12.0. The molecule has 0 heterocycles. The van der Waals surface area contributed by atoms with Crippen LogP contribution in [0.15, 0.2) is 23.1 Å². The highest BCUT2D eigenvalue weighted by Crippen LogP contribution is 2.29. The van der Waals surface area contributed by atoms with Gasteiger partial charge in [-0.05, 0) is 42.9 Å². The smallest absolute Gasteiger partial charge is 0.211 e. The highest BCUT2D eigenvalue weighted by Gasteiger charge is 2.23. The fraction of sp³-hybridized carbons (Fsp3) is 0.533. The van der Waals surface area contributed by atoms with Crippen molar-refractivity contribution in [3.63, 3.8) is 0 Å². The summed E-state index contributed by atoms with van der Waals surface area (Å²) >= 11 is 5.97. The van der Waals surface area contributed by atoms with Crippen molar-refractivity contribution in [2.24, 2.45) is 11.8 Å². The Hall–Kier alpha value is -1.09. The predicted octanol–water partition coefficient (Wildman–Crippen LogP) is 3.32. The molecule has 0 radical (unpaired) electrons. The van der Waals surface area contributed by atoms with Gasteiger partial charge in [0.15, 0.2) is 0 Å². The Labute approximate surface area is 131 Å². The van der Waals surface area contributed by atoms with Crippen molar-refractivity contribution in [2.75, 3.05) is 6.54 Å². The molecule has 114 valence electrons. The number of hydrogen-bond donors (Lipinski definition) is 1. The first-order chi connectivity index (χ1) is 9.92. The largest absolute Gasteiger partial charge is 0.242 e. The van der Waals surface area contributed by atoms with Gasteiger partial charge in [0.05, 0.1) is 16.7 Å². The van der Waals surface area contributed by atoms with Crippen molar-refractivity contribution in [2.45, 2.75) is 37.5 Å². The van der Waals surface area contributed by atoms with Gasteiger partial charge in [-0.15, -0.1) is 0 Å². The first kappa shape index (κ1) is 16.3. The third-order valence-electron chi connectivity index (χ3n) is 3.96.